The Kier molecular flexibility index (Phi) is 5.22. The van der Waals surface area contributed by atoms with Crippen LogP contribution in [0.2, 0.25) is 0 Å². The Morgan fingerprint density at radius 1 is 1.29 bits per heavy atom. The Morgan fingerprint density at radius 3 is 2.62 bits per heavy atom. The molecule has 2 unspecified atom stereocenters. The van der Waals surface area contributed by atoms with Gasteiger partial charge >= 0.3 is 0 Å². The predicted octanol–water partition coefficient (Wildman–Crippen LogP) is 2.84. The number of nitrogens with two attached hydrogens (primary N) is 1. The lowest BCUT2D eigenvalue weighted by atomic mass is 10.1. The standard InChI is InChI=1S/C15H24N2O2S2/c1-4-20-13-6-5-12(9-13)17-21(18,19)15-8-11(3)10(2)7-14(15)16/h7-8,12-13,17H,4-6,9,16H2,1-3H3. The van der Waals surface area contributed by atoms with E-state index in [2.05, 4.69) is 11.6 Å². The summed E-state index contributed by atoms with van der Waals surface area (Å²) in [4.78, 5) is 0.206. The first-order valence-electron chi connectivity index (χ1n) is 7.34. The summed E-state index contributed by atoms with van der Waals surface area (Å²) >= 11 is 1.91. The summed E-state index contributed by atoms with van der Waals surface area (Å²) in [6.45, 7) is 5.97. The van der Waals surface area contributed by atoms with E-state index >= 15 is 0 Å². The van der Waals surface area contributed by atoms with E-state index in [1.165, 1.54) is 0 Å². The van der Waals surface area contributed by atoms with E-state index in [4.69, 9.17) is 5.73 Å². The van der Waals surface area contributed by atoms with E-state index in [0.717, 1.165) is 36.1 Å². The fraction of sp³-hybridized carbons (Fsp3) is 0.600. The quantitative estimate of drug-likeness (QED) is 0.815. The molecule has 0 heterocycles. The molecule has 4 nitrogen and oxygen atoms in total. The number of hydrogen-bond acceptors (Lipinski definition) is 4. The summed E-state index contributed by atoms with van der Waals surface area (Å²) < 4.78 is 27.9. The molecule has 21 heavy (non-hydrogen) atoms. The molecule has 1 aromatic carbocycles. The Bertz CT molecular complexity index is 614. The van der Waals surface area contributed by atoms with Gasteiger partial charge in [0.1, 0.15) is 4.90 Å². The lowest BCUT2D eigenvalue weighted by Gasteiger charge is -2.16. The molecule has 0 bridgehead atoms. The number of anilines is 1. The fourth-order valence-electron chi connectivity index (χ4n) is 2.76. The highest BCUT2D eigenvalue weighted by Crippen LogP contribution is 2.31. The highest BCUT2D eigenvalue weighted by atomic mass is 32.2. The number of nitrogen functional groups attached to an aromatic ring is 1. The van der Waals surface area contributed by atoms with E-state index in [1.807, 2.05) is 25.6 Å². The Balaban J connectivity index is 2.14. The zero-order valence-electron chi connectivity index (χ0n) is 12.8. The number of sulfonamides is 1. The minimum Gasteiger partial charge on any atom is -0.398 e. The maximum Gasteiger partial charge on any atom is 0.242 e. The molecule has 1 fully saturated rings. The summed E-state index contributed by atoms with van der Waals surface area (Å²) in [5, 5.41) is 0.569. The molecule has 118 valence electrons. The van der Waals surface area contributed by atoms with Crippen molar-refractivity contribution in [2.45, 2.75) is 56.2 Å². The second kappa shape index (κ2) is 6.58. The van der Waals surface area contributed by atoms with Crippen molar-refractivity contribution in [2.75, 3.05) is 11.5 Å². The summed E-state index contributed by atoms with van der Waals surface area (Å²) in [5.74, 6) is 1.08. The molecule has 0 aliphatic heterocycles. The zero-order valence-corrected chi connectivity index (χ0v) is 14.5. The summed E-state index contributed by atoms with van der Waals surface area (Å²) in [6, 6.07) is 3.43. The van der Waals surface area contributed by atoms with Gasteiger partial charge in [0.05, 0.1) is 5.69 Å². The normalized spacial score (nSPS) is 22.6. The van der Waals surface area contributed by atoms with Crippen LogP contribution in [0.4, 0.5) is 5.69 Å². The number of benzene rings is 1. The lowest BCUT2D eigenvalue weighted by molar-refractivity contribution is 0.553. The molecule has 0 saturated heterocycles. The Hall–Kier alpha value is -0.720. The van der Waals surface area contributed by atoms with E-state index < -0.39 is 10.0 Å². The van der Waals surface area contributed by atoms with Gasteiger partial charge in [-0.25, -0.2) is 13.1 Å². The van der Waals surface area contributed by atoms with Gasteiger partial charge in [-0.05, 0) is 62.1 Å². The number of thioether (sulfide) groups is 1. The summed E-state index contributed by atoms with van der Waals surface area (Å²) in [6.07, 6.45) is 2.89. The minimum absolute atomic E-state index is 0.0278. The van der Waals surface area contributed by atoms with E-state index in [1.54, 1.807) is 12.1 Å². The molecule has 2 atom stereocenters. The van der Waals surface area contributed by atoms with Crippen molar-refractivity contribution in [1.82, 2.24) is 4.72 Å². The van der Waals surface area contributed by atoms with E-state index in [9.17, 15) is 8.42 Å². The highest BCUT2D eigenvalue weighted by molar-refractivity contribution is 7.99. The third kappa shape index (κ3) is 3.93. The molecular formula is C15H24N2O2S2. The second-order valence-electron chi connectivity index (χ2n) is 5.68. The maximum absolute atomic E-state index is 12.5. The molecule has 1 aliphatic rings. The first kappa shape index (κ1) is 16.6. The largest absolute Gasteiger partial charge is 0.398 e. The first-order valence-corrected chi connectivity index (χ1v) is 9.87. The minimum atomic E-state index is -3.54. The molecule has 0 aromatic heterocycles. The number of aryl methyl sites for hydroxylation is 2. The van der Waals surface area contributed by atoms with Crippen molar-refractivity contribution < 1.29 is 8.42 Å². The van der Waals surface area contributed by atoms with Crippen LogP contribution in [-0.2, 0) is 10.0 Å². The first-order chi connectivity index (χ1) is 9.83. The van der Waals surface area contributed by atoms with Crippen LogP contribution in [0.15, 0.2) is 17.0 Å². The predicted molar refractivity (Wildman–Crippen MR) is 90.2 cm³/mol. The SMILES string of the molecule is CCSC1CCC(NS(=O)(=O)c2cc(C)c(C)cc2N)C1. The van der Waals surface area contributed by atoms with Crippen LogP contribution in [0, 0.1) is 13.8 Å². The fourth-order valence-corrected chi connectivity index (χ4v) is 5.39. The Morgan fingerprint density at radius 2 is 1.95 bits per heavy atom. The number of nitrogens with one attached hydrogen (secondary N) is 1. The number of hydrogen-bond donors (Lipinski definition) is 2. The number of rotatable bonds is 5. The Labute approximate surface area is 131 Å². The van der Waals surface area contributed by atoms with Crippen molar-refractivity contribution in [2.24, 2.45) is 0 Å². The van der Waals surface area contributed by atoms with Crippen LogP contribution in [0.3, 0.4) is 0 Å². The van der Waals surface area contributed by atoms with Crippen molar-refractivity contribution in [1.29, 1.82) is 0 Å². The van der Waals surface area contributed by atoms with Crippen molar-refractivity contribution >= 4 is 27.5 Å². The van der Waals surface area contributed by atoms with Gasteiger partial charge in [-0.1, -0.05) is 6.92 Å². The third-order valence-electron chi connectivity index (χ3n) is 4.02. The van der Waals surface area contributed by atoms with Gasteiger partial charge < -0.3 is 5.73 Å². The van der Waals surface area contributed by atoms with Gasteiger partial charge in [0.2, 0.25) is 10.0 Å². The average molecular weight is 329 g/mol. The smallest absolute Gasteiger partial charge is 0.242 e. The zero-order chi connectivity index (χ0) is 15.6. The molecule has 1 aliphatic carbocycles. The van der Waals surface area contributed by atoms with Crippen molar-refractivity contribution in [3.05, 3.63) is 23.3 Å². The van der Waals surface area contributed by atoms with Crippen molar-refractivity contribution in [3.8, 4) is 0 Å². The average Bonchev–Trinajstić information content (AvgIpc) is 2.80. The third-order valence-corrected chi connectivity index (χ3v) is 6.83. The molecule has 1 aromatic rings. The monoisotopic (exact) mass is 328 g/mol. The second-order valence-corrected chi connectivity index (χ2v) is 8.94. The van der Waals surface area contributed by atoms with Crippen LogP contribution < -0.4 is 10.5 Å². The van der Waals surface area contributed by atoms with E-state index in [-0.39, 0.29) is 10.9 Å². The van der Waals surface area contributed by atoms with Gasteiger partial charge in [-0.2, -0.15) is 11.8 Å². The lowest BCUT2D eigenvalue weighted by Crippen LogP contribution is -2.33. The molecular weight excluding hydrogens is 304 g/mol. The molecule has 6 heteroatoms. The van der Waals surface area contributed by atoms with Gasteiger partial charge in [0, 0.05) is 11.3 Å². The van der Waals surface area contributed by atoms with Crippen LogP contribution in [0.1, 0.15) is 37.3 Å². The highest BCUT2D eigenvalue weighted by Gasteiger charge is 2.29. The molecule has 1 saturated carbocycles. The molecule has 0 spiro atoms. The molecule has 3 N–H and O–H groups in total. The van der Waals surface area contributed by atoms with Crippen LogP contribution in [-0.4, -0.2) is 25.5 Å². The molecule has 2 rings (SSSR count). The maximum atomic E-state index is 12.5. The summed E-state index contributed by atoms with van der Waals surface area (Å²) in [5.41, 5.74) is 8.17. The van der Waals surface area contributed by atoms with Gasteiger partial charge in [0.15, 0.2) is 0 Å². The molecule has 0 amide bonds. The van der Waals surface area contributed by atoms with Crippen LogP contribution >= 0.6 is 11.8 Å². The van der Waals surface area contributed by atoms with Gasteiger partial charge in [0.25, 0.3) is 0 Å². The van der Waals surface area contributed by atoms with Crippen molar-refractivity contribution in [3.63, 3.8) is 0 Å². The topological polar surface area (TPSA) is 72.2 Å². The van der Waals surface area contributed by atoms with Gasteiger partial charge in [-0.15, -0.1) is 0 Å². The van der Waals surface area contributed by atoms with Gasteiger partial charge in [-0.3, -0.25) is 0 Å². The summed E-state index contributed by atoms with van der Waals surface area (Å²) in [7, 11) is -3.54. The van der Waals surface area contributed by atoms with E-state index in [0.29, 0.717) is 10.9 Å². The molecule has 0 radical (unpaired) electrons. The van der Waals surface area contributed by atoms with Crippen LogP contribution in [0.25, 0.3) is 0 Å². The van der Waals surface area contributed by atoms with Crippen LogP contribution in [0.5, 0.6) is 0 Å².